The van der Waals surface area contributed by atoms with Crippen LogP contribution in [0.2, 0.25) is 0 Å². The lowest BCUT2D eigenvalue weighted by molar-refractivity contribution is 0.0904. The lowest BCUT2D eigenvalue weighted by Gasteiger charge is -2.23. The van der Waals surface area contributed by atoms with Crippen LogP contribution >= 0.6 is 0 Å². The summed E-state index contributed by atoms with van der Waals surface area (Å²) in [6.07, 6.45) is 9.45. The first-order valence-electron chi connectivity index (χ1n) is 6.82. The Kier molecular flexibility index (Phi) is 3.78. The Morgan fingerprint density at radius 2 is 2.15 bits per heavy atom. The molecule has 0 bridgehead atoms. The molecule has 2 aliphatic heterocycles. The van der Waals surface area contributed by atoms with Crippen LogP contribution in [0.3, 0.4) is 0 Å². The summed E-state index contributed by atoms with van der Waals surface area (Å²) in [6, 6.07) is 2.41. The Hall–Kier alpha value is -2.14. The van der Waals surface area contributed by atoms with Crippen LogP contribution in [-0.2, 0) is 4.74 Å². The SMILES string of the molecule is C=C1C=C(c2cc(NC3CCOCC3)ncn2)C=CN1. The molecule has 5 heteroatoms. The number of hydrogen-bond donors (Lipinski definition) is 2. The van der Waals surface area contributed by atoms with Crippen molar-refractivity contribution in [1.82, 2.24) is 15.3 Å². The molecule has 1 aromatic heterocycles. The first-order valence-corrected chi connectivity index (χ1v) is 6.82. The lowest BCUT2D eigenvalue weighted by atomic mass is 10.1. The standard InChI is InChI=1S/C15H18N4O/c1-11-8-12(2-5-16-11)14-9-15(18-10-17-14)19-13-3-6-20-7-4-13/h2,5,8-10,13,16H,1,3-4,6-7H2,(H,17,18,19). The molecule has 0 saturated carbocycles. The van der Waals surface area contributed by atoms with Crippen LogP contribution in [0.4, 0.5) is 5.82 Å². The van der Waals surface area contributed by atoms with Gasteiger partial charge in [0.15, 0.2) is 0 Å². The van der Waals surface area contributed by atoms with Crippen molar-refractivity contribution in [3.63, 3.8) is 0 Å². The van der Waals surface area contributed by atoms with Crippen LogP contribution in [0.15, 0.2) is 43.0 Å². The molecule has 20 heavy (non-hydrogen) atoms. The molecule has 3 heterocycles. The van der Waals surface area contributed by atoms with E-state index in [1.807, 2.05) is 24.4 Å². The van der Waals surface area contributed by atoms with Crippen LogP contribution in [0.5, 0.6) is 0 Å². The zero-order valence-electron chi connectivity index (χ0n) is 11.3. The van der Waals surface area contributed by atoms with Gasteiger partial charge in [0.1, 0.15) is 12.1 Å². The van der Waals surface area contributed by atoms with Crippen LogP contribution < -0.4 is 10.6 Å². The van der Waals surface area contributed by atoms with Gasteiger partial charge in [0.05, 0.1) is 5.69 Å². The van der Waals surface area contributed by atoms with Crippen molar-refractivity contribution in [2.45, 2.75) is 18.9 Å². The van der Waals surface area contributed by atoms with E-state index in [1.54, 1.807) is 6.33 Å². The molecule has 0 radical (unpaired) electrons. The molecule has 1 saturated heterocycles. The average Bonchev–Trinajstić information content (AvgIpc) is 2.49. The summed E-state index contributed by atoms with van der Waals surface area (Å²) in [7, 11) is 0. The van der Waals surface area contributed by atoms with Crippen LogP contribution in [-0.4, -0.2) is 29.2 Å². The molecule has 0 atom stereocenters. The van der Waals surface area contributed by atoms with Gasteiger partial charge in [0.2, 0.25) is 0 Å². The summed E-state index contributed by atoms with van der Waals surface area (Å²) in [4.78, 5) is 8.62. The fraction of sp³-hybridized carbons (Fsp3) is 0.333. The van der Waals surface area contributed by atoms with Crippen molar-refractivity contribution in [3.05, 3.63) is 48.7 Å². The van der Waals surface area contributed by atoms with Crippen LogP contribution in [0, 0.1) is 0 Å². The normalized spacial score (nSPS) is 19.4. The fourth-order valence-corrected chi connectivity index (χ4v) is 2.32. The third-order valence-corrected chi connectivity index (χ3v) is 3.40. The van der Waals surface area contributed by atoms with E-state index in [1.165, 1.54) is 0 Å². The molecule has 0 spiro atoms. The maximum atomic E-state index is 5.36. The number of nitrogens with zero attached hydrogens (tertiary/aromatic N) is 2. The highest BCUT2D eigenvalue weighted by Gasteiger charge is 2.14. The third-order valence-electron chi connectivity index (χ3n) is 3.40. The highest BCUT2D eigenvalue weighted by atomic mass is 16.5. The first-order chi connectivity index (χ1) is 9.81. The minimum absolute atomic E-state index is 0.430. The highest BCUT2D eigenvalue weighted by molar-refractivity contribution is 5.76. The number of ether oxygens (including phenoxy) is 1. The largest absolute Gasteiger partial charge is 0.381 e. The van der Waals surface area contributed by atoms with Crippen molar-refractivity contribution in [3.8, 4) is 0 Å². The monoisotopic (exact) mass is 270 g/mol. The van der Waals surface area contributed by atoms with Gasteiger partial charge in [-0.05, 0) is 25.0 Å². The van der Waals surface area contributed by atoms with E-state index >= 15 is 0 Å². The summed E-state index contributed by atoms with van der Waals surface area (Å²) in [5.41, 5.74) is 2.79. The molecule has 0 unspecified atom stereocenters. The zero-order chi connectivity index (χ0) is 13.8. The Morgan fingerprint density at radius 1 is 1.30 bits per heavy atom. The first kappa shape index (κ1) is 12.9. The second-order valence-corrected chi connectivity index (χ2v) is 4.92. The van der Waals surface area contributed by atoms with Gasteiger partial charge in [-0.25, -0.2) is 9.97 Å². The van der Waals surface area contributed by atoms with E-state index in [-0.39, 0.29) is 0 Å². The van der Waals surface area contributed by atoms with Crippen molar-refractivity contribution in [2.24, 2.45) is 0 Å². The lowest BCUT2D eigenvalue weighted by Crippen LogP contribution is -2.28. The number of nitrogens with one attached hydrogen (secondary N) is 2. The average molecular weight is 270 g/mol. The molecular weight excluding hydrogens is 252 g/mol. The van der Waals surface area contributed by atoms with E-state index in [0.29, 0.717) is 6.04 Å². The van der Waals surface area contributed by atoms with Gasteiger partial charge in [-0.15, -0.1) is 0 Å². The smallest absolute Gasteiger partial charge is 0.130 e. The van der Waals surface area contributed by atoms with Gasteiger partial charge in [-0.2, -0.15) is 0 Å². The van der Waals surface area contributed by atoms with Gasteiger partial charge in [-0.1, -0.05) is 6.58 Å². The number of rotatable bonds is 3. The number of dihydropyridines is 1. The quantitative estimate of drug-likeness (QED) is 0.880. The molecule has 5 nitrogen and oxygen atoms in total. The van der Waals surface area contributed by atoms with E-state index in [4.69, 9.17) is 4.74 Å². The molecule has 104 valence electrons. The minimum Gasteiger partial charge on any atom is -0.381 e. The maximum absolute atomic E-state index is 5.36. The van der Waals surface area contributed by atoms with Crippen molar-refractivity contribution in [1.29, 1.82) is 0 Å². The predicted octanol–water partition coefficient (Wildman–Crippen LogP) is 2.08. The predicted molar refractivity (Wildman–Crippen MR) is 78.9 cm³/mol. The summed E-state index contributed by atoms with van der Waals surface area (Å²) in [5.74, 6) is 0.861. The van der Waals surface area contributed by atoms with Gasteiger partial charge in [0.25, 0.3) is 0 Å². The Morgan fingerprint density at radius 3 is 2.95 bits per heavy atom. The summed E-state index contributed by atoms with van der Waals surface area (Å²) in [5, 5.41) is 6.49. The number of allylic oxidation sites excluding steroid dienone is 3. The second kappa shape index (κ2) is 5.88. The molecule has 0 amide bonds. The number of aromatic nitrogens is 2. The fourth-order valence-electron chi connectivity index (χ4n) is 2.32. The highest BCUT2D eigenvalue weighted by Crippen LogP contribution is 2.20. The Bertz CT molecular complexity index is 559. The van der Waals surface area contributed by atoms with Crippen molar-refractivity contribution >= 4 is 11.4 Å². The maximum Gasteiger partial charge on any atom is 0.130 e. The molecule has 2 N–H and O–H groups in total. The molecule has 1 aromatic rings. The number of hydrogen-bond acceptors (Lipinski definition) is 5. The molecule has 2 aliphatic rings. The van der Waals surface area contributed by atoms with Gasteiger partial charge < -0.3 is 15.4 Å². The molecular formula is C15H18N4O. The van der Waals surface area contributed by atoms with Gasteiger partial charge in [-0.3, -0.25) is 0 Å². The Labute approximate surface area is 118 Å². The topological polar surface area (TPSA) is 59.1 Å². The minimum atomic E-state index is 0.430. The van der Waals surface area contributed by atoms with E-state index in [2.05, 4.69) is 27.2 Å². The van der Waals surface area contributed by atoms with Crippen LogP contribution in [0.1, 0.15) is 18.5 Å². The second-order valence-electron chi connectivity index (χ2n) is 4.92. The van der Waals surface area contributed by atoms with E-state index in [0.717, 1.165) is 48.8 Å². The van der Waals surface area contributed by atoms with Crippen molar-refractivity contribution < 1.29 is 4.74 Å². The van der Waals surface area contributed by atoms with E-state index in [9.17, 15) is 0 Å². The Balaban J connectivity index is 1.75. The van der Waals surface area contributed by atoms with Gasteiger partial charge in [0, 0.05) is 42.8 Å². The number of anilines is 1. The molecule has 0 aliphatic carbocycles. The summed E-state index contributed by atoms with van der Waals surface area (Å²) >= 11 is 0. The summed E-state index contributed by atoms with van der Waals surface area (Å²) < 4.78 is 5.36. The van der Waals surface area contributed by atoms with E-state index < -0.39 is 0 Å². The zero-order valence-corrected chi connectivity index (χ0v) is 11.3. The molecule has 0 aromatic carbocycles. The molecule has 3 rings (SSSR count). The molecule has 1 fully saturated rings. The third kappa shape index (κ3) is 3.05. The van der Waals surface area contributed by atoms with Gasteiger partial charge >= 0.3 is 0 Å². The summed E-state index contributed by atoms with van der Waals surface area (Å²) in [6.45, 7) is 5.52. The van der Waals surface area contributed by atoms with Crippen molar-refractivity contribution in [2.75, 3.05) is 18.5 Å². The van der Waals surface area contributed by atoms with Crippen LogP contribution in [0.25, 0.3) is 5.57 Å².